The van der Waals surface area contributed by atoms with E-state index >= 15 is 0 Å². The number of carbonyl (C=O) groups is 2. The summed E-state index contributed by atoms with van der Waals surface area (Å²) >= 11 is 0. The topological polar surface area (TPSA) is 61.4 Å². The standard InChI is InChI=1S/C21H27N3O2/c1-16(25)24(19-12-10-17(11-13-19)21(2,3)4)15-14-22-20(26)23-18-8-6-5-7-9-18/h5-13H,14-15H2,1-4H3,(H2,22,23,26). The van der Waals surface area contributed by atoms with E-state index in [2.05, 4.69) is 31.4 Å². The third-order valence-electron chi connectivity index (χ3n) is 4.08. The highest BCUT2D eigenvalue weighted by Crippen LogP contribution is 2.24. The van der Waals surface area contributed by atoms with Gasteiger partial charge in [-0.25, -0.2) is 4.79 Å². The fourth-order valence-electron chi connectivity index (χ4n) is 2.59. The minimum Gasteiger partial charge on any atom is -0.336 e. The summed E-state index contributed by atoms with van der Waals surface area (Å²) in [5.74, 6) is -0.0567. The highest BCUT2D eigenvalue weighted by molar-refractivity contribution is 5.92. The largest absolute Gasteiger partial charge is 0.336 e. The van der Waals surface area contributed by atoms with Crippen LogP contribution in [0.15, 0.2) is 54.6 Å². The molecule has 0 aliphatic heterocycles. The Hall–Kier alpha value is -2.82. The fourth-order valence-corrected chi connectivity index (χ4v) is 2.59. The van der Waals surface area contributed by atoms with Gasteiger partial charge in [0.25, 0.3) is 0 Å². The lowest BCUT2D eigenvalue weighted by Crippen LogP contribution is -2.39. The van der Waals surface area contributed by atoms with Gasteiger partial charge >= 0.3 is 6.03 Å². The second-order valence-electron chi connectivity index (χ2n) is 7.21. The van der Waals surface area contributed by atoms with Gasteiger partial charge in [-0.05, 0) is 35.2 Å². The molecule has 2 aromatic rings. The van der Waals surface area contributed by atoms with Crippen LogP contribution in [0.25, 0.3) is 0 Å². The Balaban J connectivity index is 1.92. The van der Waals surface area contributed by atoms with Crippen molar-refractivity contribution in [2.45, 2.75) is 33.1 Å². The second-order valence-corrected chi connectivity index (χ2v) is 7.21. The van der Waals surface area contributed by atoms with Crippen LogP contribution >= 0.6 is 0 Å². The predicted octanol–water partition coefficient (Wildman–Crippen LogP) is 4.16. The summed E-state index contributed by atoms with van der Waals surface area (Å²) in [7, 11) is 0. The molecule has 0 aliphatic carbocycles. The summed E-state index contributed by atoms with van der Waals surface area (Å²) in [6.07, 6.45) is 0. The molecule has 0 spiro atoms. The molecule has 0 unspecified atom stereocenters. The van der Waals surface area contributed by atoms with Crippen LogP contribution in [0.3, 0.4) is 0 Å². The minimum atomic E-state index is -0.289. The Bertz CT molecular complexity index is 734. The molecule has 2 aromatic carbocycles. The first-order valence-corrected chi connectivity index (χ1v) is 8.76. The van der Waals surface area contributed by atoms with Crippen LogP contribution in [-0.2, 0) is 10.2 Å². The van der Waals surface area contributed by atoms with Gasteiger partial charge in [-0.3, -0.25) is 4.79 Å². The zero-order valence-corrected chi connectivity index (χ0v) is 15.9. The van der Waals surface area contributed by atoms with E-state index in [0.717, 1.165) is 11.4 Å². The van der Waals surface area contributed by atoms with Gasteiger partial charge in [0.15, 0.2) is 0 Å². The maximum atomic E-state index is 12.0. The molecule has 5 nitrogen and oxygen atoms in total. The van der Waals surface area contributed by atoms with Gasteiger partial charge < -0.3 is 15.5 Å². The van der Waals surface area contributed by atoms with E-state index in [1.807, 2.05) is 54.6 Å². The molecular formula is C21H27N3O2. The zero-order chi connectivity index (χ0) is 19.2. The first kappa shape index (κ1) is 19.5. The van der Waals surface area contributed by atoms with E-state index in [-0.39, 0.29) is 17.4 Å². The number of para-hydroxylation sites is 1. The van der Waals surface area contributed by atoms with Crippen molar-refractivity contribution in [1.29, 1.82) is 0 Å². The van der Waals surface area contributed by atoms with E-state index < -0.39 is 0 Å². The van der Waals surface area contributed by atoms with Crippen molar-refractivity contribution in [3.63, 3.8) is 0 Å². The quantitative estimate of drug-likeness (QED) is 0.848. The summed E-state index contributed by atoms with van der Waals surface area (Å²) < 4.78 is 0. The lowest BCUT2D eigenvalue weighted by atomic mass is 9.87. The van der Waals surface area contributed by atoms with Gasteiger partial charge in [0, 0.05) is 31.4 Å². The number of nitrogens with one attached hydrogen (secondary N) is 2. The molecule has 0 fully saturated rings. The molecule has 3 amide bonds. The number of rotatable bonds is 5. The van der Waals surface area contributed by atoms with E-state index in [1.165, 1.54) is 12.5 Å². The van der Waals surface area contributed by atoms with Crippen LogP contribution in [0.2, 0.25) is 0 Å². The summed E-state index contributed by atoms with van der Waals surface area (Å²) in [4.78, 5) is 25.6. The first-order valence-electron chi connectivity index (χ1n) is 8.76. The van der Waals surface area contributed by atoms with Crippen LogP contribution in [0.4, 0.5) is 16.2 Å². The number of carbonyl (C=O) groups excluding carboxylic acids is 2. The summed E-state index contributed by atoms with van der Waals surface area (Å²) in [5.41, 5.74) is 2.84. The van der Waals surface area contributed by atoms with Crippen LogP contribution in [0.1, 0.15) is 33.3 Å². The minimum absolute atomic E-state index is 0.0567. The normalized spacial score (nSPS) is 10.9. The number of hydrogen-bond donors (Lipinski definition) is 2. The van der Waals surface area contributed by atoms with Gasteiger partial charge in [-0.15, -0.1) is 0 Å². The molecule has 0 saturated heterocycles. The monoisotopic (exact) mass is 353 g/mol. The molecule has 0 radical (unpaired) electrons. The highest BCUT2D eigenvalue weighted by atomic mass is 16.2. The van der Waals surface area contributed by atoms with Crippen molar-refractivity contribution in [2.24, 2.45) is 0 Å². The predicted molar refractivity (Wildman–Crippen MR) is 107 cm³/mol. The van der Waals surface area contributed by atoms with Crippen LogP contribution in [0.5, 0.6) is 0 Å². The molecule has 138 valence electrons. The van der Waals surface area contributed by atoms with Gasteiger partial charge in [-0.1, -0.05) is 51.1 Å². The average molecular weight is 353 g/mol. The second kappa shape index (κ2) is 8.52. The van der Waals surface area contributed by atoms with E-state index in [9.17, 15) is 9.59 Å². The fraction of sp³-hybridized carbons (Fsp3) is 0.333. The molecule has 2 rings (SSSR count). The van der Waals surface area contributed by atoms with Crippen molar-refractivity contribution in [1.82, 2.24) is 5.32 Å². The third kappa shape index (κ3) is 5.62. The third-order valence-corrected chi connectivity index (χ3v) is 4.08. The molecule has 0 bridgehead atoms. The smallest absolute Gasteiger partial charge is 0.319 e. The van der Waals surface area contributed by atoms with Gasteiger partial charge in [0.1, 0.15) is 0 Å². The number of nitrogens with zero attached hydrogens (tertiary/aromatic N) is 1. The van der Waals surface area contributed by atoms with Crippen molar-refractivity contribution < 1.29 is 9.59 Å². The summed E-state index contributed by atoms with van der Waals surface area (Å²) in [5, 5.41) is 5.53. The maximum absolute atomic E-state index is 12.0. The summed E-state index contributed by atoms with van der Waals surface area (Å²) in [6.45, 7) is 8.76. The van der Waals surface area contributed by atoms with Gasteiger partial charge in [0.05, 0.1) is 0 Å². The lowest BCUT2D eigenvalue weighted by molar-refractivity contribution is -0.116. The van der Waals surface area contributed by atoms with Crippen molar-refractivity contribution in [2.75, 3.05) is 23.3 Å². The molecule has 0 aliphatic rings. The lowest BCUT2D eigenvalue weighted by Gasteiger charge is -2.24. The molecule has 0 heterocycles. The Morgan fingerprint density at radius 1 is 0.962 bits per heavy atom. The van der Waals surface area contributed by atoms with Gasteiger partial charge in [-0.2, -0.15) is 0 Å². The molecule has 0 aromatic heterocycles. The van der Waals surface area contributed by atoms with E-state index in [4.69, 9.17) is 0 Å². The Kier molecular flexibility index (Phi) is 6.39. The molecule has 0 atom stereocenters. The zero-order valence-electron chi connectivity index (χ0n) is 15.9. The van der Waals surface area contributed by atoms with Crippen molar-refractivity contribution in [3.8, 4) is 0 Å². The SMILES string of the molecule is CC(=O)N(CCNC(=O)Nc1ccccc1)c1ccc(C(C)(C)C)cc1. The molecule has 5 heteroatoms. The highest BCUT2D eigenvalue weighted by Gasteiger charge is 2.16. The Labute approximate surface area is 155 Å². The van der Waals surface area contributed by atoms with Crippen LogP contribution in [0, 0.1) is 0 Å². The maximum Gasteiger partial charge on any atom is 0.319 e. The molecule has 2 N–H and O–H groups in total. The number of hydrogen-bond acceptors (Lipinski definition) is 2. The first-order chi connectivity index (χ1) is 12.3. The average Bonchev–Trinajstić information content (AvgIpc) is 2.58. The van der Waals surface area contributed by atoms with E-state index in [0.29, 0.717) is 13.1 Å². The number of benzene rings is 2. The van der Waals surface area contributed by atoms with Crippen molar-refractivity contribution >= 4 is 23.3 Å². The number of amides is 3. The number of urea groups is 1. The molecular weight excluding hydrogens is 326 g/mol. The van der Waals surface area contributed by atoms with Gasteiger partial charge in [0.2, 0.25) is 5.91 Å². The van der Waals surface area contributed by atoms with Crippen LogP contribution < -0.4 is 15.5 Å². The molecule has 0 saturated carbocycles. The summed E-state index contributed by atoms with van der Waals surface area (Å²) in [6, 6.07) is 16.9. The Morgan fingerprint density at radius 3 is 2.12 bits per heavy atom. The number of anilines is 2. The van der Waals surface area contributed by atoms with Crippen LogP contribution in [-0.4, -0.2) is 25.0 Å². The van der Waals surface area contributed by atoms with Crippen molar-refractivity contribution in [3.05, 3.63) is 60.2 Å². The van der Waals surface area contributed by atoms with E-state index in [1.54, 1.807) is 4.90 Å². The Morgan fingerprint density at radius 2 is 1.58 bits per heavy atom. The molecule has 26 heavy (non-hydrogen) atoms.